The Morgan fingerprint density at radius 1 is 1.50 bits per heavy atom. The number of halogens is 1. The SMILES string of the molecule is CCC1CN(CCNc2cccc(Cl)c2)CCO1. The van der Waals surface area contributed by atoms with E-state index in [0.29, 0.717) is 6.10 Å². The molecule has 1 aromatic carbocycles. The predicted molar refractivity (Wildman–Crippen MR) is 76.4 cm³/mol. The van der Waals surface area contributed by atoms with Crippen LogP contribution in [0.4, 0.5) is 5.69 Å². The van der Waals surface area contributed by atoms with E-state index < -0.39 is 0 Å². The van der Waals surface area contributed by atoms with Gasteiger partial charge in [-0.15, -0.1) is 0 Å². The quantitative estimate of drug-likeness (QED) is 0.889. The van der Waals surface area contributed by atoms with Gasteiger partial charge < -0.3 is 10.1 Å². The predicted octanol–water partition coefficient (Wildman–Crippen LogP) is 2.86. The molecule has 1 saturated heterocycles. The Morgan fingerprint density at radius 2 is 2.39 bits per heavy atom. The molecule has 1 atom stereocenters. The zero-order valence-electron chi connectivity index (χ0n) is 10.9. The number of anilines is 1. The van der Waals surface area contributed by atoms with Crippen LogP contribution in [0, 0.1) is 0 Å². The molecule has 0 radical (unpaired) electrons. The molecule has 1 heterocycles. The maximum atomic E-state index is 5.94. The Balaban J connectivity index is 1.72. The van der Waals surface area contributed by atoms with E-state index >= 15 is 0 Å². The van der Waals surface area contributed by atoms with E-state index in [9.17, 15) is 0 Å². The molecular formula is C14H21ClN2O. The van der Waals surface area contributed by atoms with E-state index in [0.717, 1.165) is 49.9 Å². The molecule has 0 aromatic heterocycles. The van der Waals surface area contributed by atoms with Crippen LogP contribution >= 0.6 is 11.6 Å². The van der Waals surface area contributed by atoms with Gasteiger partial charge in [0.15, 0.2) is 0 Å². The van der Waals surface area contributed by atoms with E-state index in [1.54, 1.807) is 0 Å². The van der Waals surface area contributed by atoms with Crippen molar-refractivity contribution in [3.63, 3.8) is 0 Å². The lowest BCUT2D eigenvalue weighted by Crippen LogP contribution is -2.43. The van der Waals surface area contributed by atoms with Gasteiger partial charge in [-0.2, -0.15) is 0 Å². The Hall–Kier alpha value is -0.770. The summed E-state index contributed by atoms with van der Waals surface area (Å²) in [6.45, 7) is 7.11. The zero-order chi connectivity index (χ0) is 12.8. The number of ether oxygens (including phenoxy) is 1. The molecule has 0 bridgehead atoms. The number of rotatable bonds is 5. The van der Waals surface area contributed by atoms with Gasteiger partial charge in [0.1, 0.15) is 0 Å². The highest BCUT2D eigenvalue weighted by atomic mass is 35.5. The lowest BCUT2D eigenvalue weighted by atomic mass is 10.2. The van der Waals surface area contributed by atoms with Crippen LogP contribution in [0.15, 0.2) is 24.3 Å². The molecule has 0 saturated carbocycles. The van der Waals surface area contributed by atoms with Crippen molar-refractivity contribution >= 4 is 17.3 Å². The van der Waals surface area contributed by atoms with Crippen LogP contribution < -0.4 is 5.32 Å². The Kier molecular flexibility index (Phi) is 5.29. The van der Waals surface area contributed by atoms with Gasteiger partial charge in [-0.25, -0.2) is 0 Å². The Labute approximate surface area is 114 Å². The van der Waals surface area contributed by atoms with Crippen molar-refractivity contribution in [2.24, 2.45) is 0 Å². The highest BCUT2D eigenvalue weighted by Gasteiger charge is 2.17. The molecule has 1 aromatic rings. The second-order valence-electron chi connectivity index (χ2n) is 4.64. The van der Waals surface area contributed by atoms with Crippen molar-refractivity contribution in [1.29, 1.82) is 0 Å². The largest absolute Gasteiger partial charge is 0.384 e. The second kappa shape index (κ2) is 6.98. The van der Waals surface area contributed by atoms with Crippen LogP contribution in [-0.2, 0) is 4.74 Å². The number of nitrogens with one attached hydrogen (secondary N) is 1. The summed E-state index contributed by atoms with van der Waals surface area (Å²) in [6.07, 6.45) is 1.50. The van der Waals surface area contributed by atoms with Gasteiger partial charge in [-0.3, -0.25) is 4.90 Å². The van der Waals surface area contributed by atoms with Crippen LogP contribution in [0.5, 0.6) is 0 Å². The third kappa shape index (κ3) is 4.16. The minimum absolute atomic E-state index is 0.407. The van der Waals surface area contributed by atoms with Gasteiger partial charge in [-0.05, 0) is 24.6 Å². The number of morpholine rings is 1. The van der Waals surface area contributed by atoms with Crippen molar-refractivity contribution in [2.75, 3.05) is 38.1 Å². The first-order chi connectivity index (χ1) is 8.78. The van der Waals surface area contributed by atoms with Crippen molar-refractivity contribution in [1.82, 2.24) is 4.90 Å². The minimum atomic E-state index is 0.407. The number of benzene rings is 1. The molecule has 3 nitrogen and oxygen atoms in total. The van der Waals surface area contributed by atoms with E-state index in [1.807, 2.05) is 24.3 Å². The summed E-state index contributed by atoms with van der Waals surface area (Å²) in [5, 5.41) is 4.17. The number of nitrogens with zero attached hydrogens (tertiary/aromatic N) is 1. The molecule has 1 aliphatic heterocycles. The molecule has 100 valence electrons. The van der Waals surface area contributed by atoms with Crippen LogP contribution in [0.2, 0.25) is 5.02 Å². The smallest absolute Gasteiger partial charge is 0.0700 e. The number of hydrogen-bond donors (Lipinski definition) is 1. The maximum Gasteiger partial charge on any atom is 0.0700 e. The van der Waals surface area contributed by atoms with E-state index in [1.165, 1.54) is 0 Å². The van der Waals surface area contributed by atoms with E-state index in [2.05, 4.69) is 17.1 Å². The maximum absolute atomic E-state index is 5.94. The molecule has 1 unspecified atom stereocenters. The Morgan fingerprint density at radius 3 is 3.17 bits per heavy atom. The van der Waals surface area contributed by atoms with Gasteiger partial charge in [0.25, 0.3) is 0 Å². The summed E-state index contributed by atoms with van der Waals surface area (Å²) in [5.41, 5.74) is 1.09. The fourth-order valence-corrected chi connectivity index (χ4v) is 2.38. The first kappa shape index (κ1) is 13.7. The van der Waals surface area contributed by atoms with E-state index in [4.69, 9.17) is 16.3 Å². The molecule has 0 amide bonds. The second-order valence-corrected chi connectivity index (χ2v) is 5.08. The molecule has 4 heteroatoms. The first-order valence-corrected chi connectivity index (χ1v) is 6.99. The zero-order valence-corrected chi connectivity index (χ0v) is 11.6. The topological polar surface area (TPSA) is 24.5 Å². The minimum Gasteiger partial charge on any atom is -0.384 e. The molecule has 0 spiro atoms. The van der Waals surface area contributed by atoms with Gasteiger partial charge in [0.2, 0.25) is 0 Å². The van der Waals surface area contributed by atoms with Crippen molar-refractivity contribution in [2.45, 2.75) is 19.4 Å². The van der Waals surface area contributed by atoms with Crippen LogP contribution in [0.25, 0.3) is 0 Å². The monoisotopic (exact) mass is 268 g/mol. The van der Waals surface area contributed by atoms with Crippen molar-refractivity contribution in [3.8, 4) is 0 Å². The highest BCUT2D eigenvalue weighted by molar-refractivity contribution is 6.30. The third-order valence-electron chi connectivity index (χ3n) is 3.26. The van der Waals surface area contributed by atoms with Gasteiger partial charge in [0.05, 0.1) is 12.7 Å². The summed E-state index contributed by atoms with van der Waals surface area (Å²) in [4.78, 5) is 2.45. The normalized spacial score (nSPS) is 20.9. The molecule has 0 aliphatic carbocycles. The lowest BCUT2D eigenvalue weighted by molar-refractivity contribution is -0.0282. The molecular weight excluding hydrogens is 248 g/mol. The summed E-state index contributed by atoms with van der Waals surface area (Å²) >= 11 is 5.94. The molecule has 1 fully saturated rings. The molecule has 1 N–H and O–H groups in total. The third-order valence-corrected chi connectivity index (χ3v) is 3.50. The lowest BCUT2D eigenvalue weighted by Gasteiger charge is -2.32. The fourth-order valence-electron chi connectivity index (χ4n) is 2.19. The van der Waals surface area contributed by atoms with Gasteiger partial charge >= 0.3 is 0 Å². The summed E-state index contributed by atoms with van der Waals surface area (Å²) in [7, 11) is 0. The summed E-state index contributed by atoms with van der Waals surface area (Å²) in [6, 6.07) is 7.85. The molecule has 18 heavy (non-hydrogen) atoms. The van der Waals surface area contributed by atoms with Gasteiger partial charge in [0, 0.05) is 36.9 Å². The number of hydrogen-bond acceptors (Lipinski definition) is 3. The fraction of sp³-hybridized carbons (Fsp3) is 0.571. The highest BCUT2D eigenvalue weighted by Crippen LogP contribution is 2.14. The first-order valence-electron chi connectivity index (χ1n) is 6.61. The average molecular weight is 269 g/mol. The van der Waals surface area contributed by atoms with Gasteiger partial charge in [-0.1, -0.05) is 24.6 Å². The van der Waals surface area contributed by atoms with Crippen LogP contribution in [-0.4, -0.2) is 43.8 Å². The standard InChI is InChI=1S/C14H21ClN2O/c1-2-14-11-17(8-9-18-14)7-6-16-13-5-3-4-12(15)10-13/h3-5,10,14,16H,2,6-9,11H2,1H3. The van der Waals surface area contributed by atoms with Crippen LogP contribution in [0.3, 0.4) is 0 Å². The van der Waals surface area contributed by atoms with E-state index in [-0.39, 0.29) is 0 Å². The Bertz CT molecular complexity index is 373. The summed E-state index contributed by atoms with van der Waals surface area (Å²) in [5.74, 6) is 0. The molecule has 2 rings (SSSR count). The molecule has 1 aliphatic rings. The van der Waals surface area contributed by atoms with Crippen molar-refractivity contribution in [3.05, 3.63) is 29.3 Å². The van der Waals surface area contributed by atoms with Crippen molar-refractivity contribution < 1.29 is 4.74 Å². The van der Waals surface area contributed by atoms with Crippen LogP contribution in [0.1, 0.15) is 13.3 Å². The summed E-state index contributed by atoms with van der Waals surface area (Å²) < 4.78 is 5.66. The average Bonchev–Trinajstić information content (AvgIpc) is 2.39.